The maximum absolute atomic E-state index is 13.4. The van der Waals surface area contributed by atoms with Crippen LogP contribution in [-0.2, 0) is 4.79 Å². The van der Waals surface area contributed by atoms with E-state index in [1.807, 2.05) is 29.2 Å². The predicted molar refractivity (Wildman–Crippen MR) is 122 cm³/mol. The van der Waals surface area contributed by atoms with E-state index in [9.17, 15) is 9.59 Å². The van der Waals surface area contributed by atoms with Crippen LogP contribution in [0.4, 0.5) is 5.69 Å². The van der Waals surface area contributed by atoms with Crippen LogP contribution in [0.15, 0.2) is 47.1 Å². The number of carbonyl (C=O) groups is 2. The predicted octanol–water partition coefficient (Wildman–Crippen LogP) is 3.32. The Bertz CT molecular complexity index is 879. The van der Waals surface area contributed by atoms with Crippen molar-refractivity contribution in [1.82, 2.24) is 9.80 Å². The summed E-state index contributed by atoms with van der Waals surface area (Å²) >= 11 is 1.70. The van der Waals surface area contributed by atoms with Gasteiger partial charge in [-0.3, -0.25) is 9.59 Å². The van der Waals surface area contributed by atoms with Gasteiger partial charge in [-0.25, -0.2) is 0 Å². The lowest BCUT2D eigenvalue weighted by Crippen LogP contribution is -2.56. The lowest BCUT2D eigenvalue weighted by molar-refractivity contribution is -0.135. The Kier molecular flexibility index (Phi) is 6.75. The number of carbonyl (C=O) groups excluding carboxylic acids is 2. The number of anilines is 1. The first-order valence-corrected chi connectivity index (χ1v) is 11.8. The van der Waals surface area contributed by atoms with E-state index in [1.165, 1.54) is 6.26 Å². The SMILES string of the molecule is CCCC1SCC(C(=O)N2CCN(c3ccc(OC)cc3)CC2)N1C(=O)c1ccco1. The molecule has 2 aliphatic rings. The second-order valence-electron chi connectivity index (χ2n) is 7.79. The third-order valence-electron chi connectivity index (χ3n) is 5.91. The molecule has 31 heavy (non-hydrogen) atoms. The van der Waals surface area contributed by atoms with Gasteiger partial charge in [-0.1, -0.05) is 13.3 Å². The van der Waals surface area contributed by atoms with Crippen molar-refractivity contribution >= 4 is 29.3 Å². The van der Waals surface area contributed by atoms with Crippen LogP contribution in [0.25, 0.3) is 0 Å². The van der Waals surface area contributed by atoms with Gasteiger partial charge in [0.05, 0.1) is 18.7 Å². The number of furan rings is 1. The van der Waals surface area contributed by atoms with E-state index in [0.717, 1.165) is 37.4 Å². The topological polar surface area (TPSA) is 66.2 Å². The Morgan fingerprint density at radius 2 is 1.87 bits per heavy atom. The Balaban J connectivity index is 1.42. The molecule has 1 aromatic carbocycles. The lowest BCUT2D eigenvalue weighted by Gasteiger charge is -2.38. The van der Waals surface area contributed by atoms with Gasteiger partial charge in [0.2, 0.25) is 5.91 Å². The van der Waals surface area contributed by atoms with E-state index in [0.29, 0.717) is 24.6 Å². The third kappa shape index (κ3) is 4.54. The standard InChI is InChI=1S/C23H29N3O4S/c1-3-5-21-26(23(28)20-6-4-15-30-20)19(16-31-21)22(27)25-13-11-24(12-14-25)17-7-9-18(29-2)10-8-17/h4,6-10,15,19,21H,3,5,11-14,16H2,1-2H3. The highest BCUT2D eigenvalue weighted by Gasteiger charge is 2.44. The molecule has 2 unspecified atom stereocenters. The van der Waals surface area contributed by atoms with Crippen LogP contribution in [0.2, 0.25) is 0 Å². The van der Waals surface area contributed by atoms with E-state index in [1.54, 1.807) is 35.9 Å². The van der Waals surface area contributed by atoms with E-state index >= 15 is 0 Å². The van der Waals surface area contributed by atoms with Crippen LogP contribution in [0.5, 0.6) is 5.75 Å². The molecule has 8 heteroatoms. The number of thioether (sulfide) groups is 1. The highest BCUT2D eigenvalue weighted by atomic mass is 32.2. The number of rotatable bonds is 6. The number of hydrogen-bond acceptors (Lipinski definition) is 6. The number of ether oxygens (including phenoxy) is 1. The monoisotopic (exact) mass is 443 g/mol. The fourth-order valence-electron chi connectivity index (χ4n) is 4.21. The van der Waals surface area contributed by atoms with Crippen LogP contribution >= 0.6 is 11.8 Å². The zero-order chi connectivity index (χ0) is 21.8. The average Bonchev–Trinajstić information content (AvgIpc) is 3.49. The molecule has 3 heterocycles. The second kappa shape index (κ2) is 9.68. The third-order valence-corrected chi connectivity index (χ3v) is 7.26. The molecule has 0 saturated carbocycles. The van der Waals surface area contributed by atoms with Gasteiger partial charge in [0.1, 0.15) is 11.8 Å². The van der Waals surface area contributed by atoms with E-state index < -0.39 is 6.04 Å². The number of hydrogen-bond donors (Lipinski definition) is 0. The van der Waals surface area contributed by atoms with Crippen LogP contribution in [0.1, 0.15) is 30.3 Å². The zero-order valence-corrected chi connectivity index (χ0v) is 18.8. The first kappa shape index (κ1) is 21.6. The number of nitrogens with zero attached hydrogens (tertiary/aromatic N) is 3. The van der Waals surface area contributed by atoms with Crippen molar-refractivity contribution in [3.63, 3.8) is 0 Å². The summed E-state index contributed by atoms with van der Waals surface area (Å²) in [6, 6.07) is 10.9. The first-order valence-electron chi connectivity index (χ1n) is 10.8. The molecule has 166 valence electrons. The molecule has 2 atom stereocenters. The van der Waals surface area contributed by atoms with Crippen LogP contribution in [0.3, 0.4) is 0 Å². The second-order valence-corrected chi connectivity index (χ2v) is 9.00. The molecule has 2 amide bonds. The smallest absolute Gasteiger partial charge is 0.291 e. The maximum Gasteiger partial charge on any atom is 0.291 e. The highest BCUT2D eigenvalue weighted by Crippen LogP contribution is 2.34. The van der Waals surface area contributed by atoms with Crippen molar-refractivity contribution in [2.24, 2.45) is 0 Å². The minimum absolute atomic E-state index is 0.0112. The molecular formula is C23H29N3O4S. The van der Waals surface area contributed by atoms with Crippen molar-refractivity contribution < 1.29 is 18.7 Å². The quantitative estimate of drug-likeness (QED) is 0.682. The fraction of sp³-hybridized carbons (Fsp3) is 0.478. The molecule has 0 bridgehead atoms. The van der Waals surface area contributed by atoms with Crippen LogP contribution < -0.4 is 9.64 Å². The highest BCUT2D eigenvalue weighted by molar-refractivity contribution is 8.00. The molecule has 2 fully saturated rings. The van der Waals surface area contributed by atoms with Gasteiger partial charge in [-0.05, 0) is 42.8 Å². The fourth-order valence-corrected chi connectivity index (χ4v) is 5.73. The molecule has 7 nitrogen and oxygen atoms in total. The van der Waals surface area contributed by atoms with Gasteiger partial charge in [0, 0.05) is 37.6 Å². The summed E-state index contributed by atoms with van der Waals surface area (Å²) in [6.45, 7) is 4.93. The summed E-state index contributed by atoms with van der Waals surface area (Å²) in [5.41, 5.74) is 1.13. The van der Waals surface area contributed by atoms with Gasteiger partial charge in [0.15, 0.2) is 5.76 Å². The van der Waals surface area contributed by atoms with Crippen molar-refractivity contribution in [2.75, 3.05) is 43.9 Å². The molecule has 2 aliphatic heterocycles. The van der Waals surface area contributed by atoms with Gasteiger partial charge < -0.3 is 23.9 Å². The molecule has 0 radical (unpaired) electrons. The normalized spacial score (nSPS) is 21.4. The van der Waals surface area contributed by atoms with Crippen LogP contribution in [0, 0.1) is 0 Å². The summed E-state index contributed by atoms with van der Waals surface area (Å²) in [5.74, 6) is 1.61. The molecule has 0 N–H and O–H groups in total. The summed E-state index contributed by atoms with van der Waals surface area (Å²) in [5, 5.41) is 0.0112. The van der Waals surface area contributed by atoms with E-state index in [-0.39, 0.29) is 17.2 Å². The number of benzene rings is 1. The molecule has 1 aromatic heterocycles. The van der Waals surface area contributed by atoms with Crippen molar-refractivity contribution in [3.05, 3.63) is 48.4 Å². The van der Waals surface area contributed by atoms with Gasteiger partial charge in [-0.15, -0.1) is 11.8 Å². The maximum atomic E-state index is 13.4. The first-order chi connectivity index (χ1) is 15.1. The zero-order valence-electron chi connectivity index (χ0n) is 18.0. The van der Waals surface area contributed by atoms with Crippen molar-refractivity contribution in [1.29, 1.82) is 0 Å². The van der Waals surface area contributed by atoms with E-state index in [4.69, 9.17) is 9.15 Å². The molecule has 2 aromatic rings. The molecular weight excluding hydrogens is 414 g/mol. The number of amides is 2. The minimum Gasteiger partial charge on any atom is -0.497 e. The van der Waals surface area contributed by atoms with Gasteiger partial charge in [-0.2, -0.15) is 0 Å². The molecule has 0 aliphatic carbocycles. The summed E-state index contributed by atoms with van der Waals surface area (Å²) in [6.07, 6.45) is 3.33. The number of methoxy groups -OCH3 is 1. The minimum atomic E-state index is -0.438. The average molecular weight is 444 g/mol. The molecule has 2 saturated heterocycles. The summed E-state index contributed by atoms with van der Waals surface area (Å²) in [4.78, 5) is 32.5. The Labute approximate surface area is 187 Å². The molecule has 4 rings (SSSR count). The largest absolute Gasteiger partial charge is 0.497 e. The summed E-state index contributed by atoms with van der Waals surface area (Å²) in [7, 11) is 1.66. The van der Waals surface area contributed by atoms with Crippen LogP contribution in [-0.4, -0.2) is 72.1 Å². The Morgan fingerprint density at radius 1 is 1.13 bits per heavy atom. The number of piperazine rings is 1. The Morgan fingerprint density at radius 3 is 2.48 bits per heavy atom. The molecule has 0 spiro atoms. The summed E-state index contributed by atoms with van der Waals surface area (Å²) < 4.78 is 10.6. The van der Waals surface area contributed by atoms with E-state index in [2.05, 4.69) is 11.8 Å². The Hall–Kier alpha value is -2.61. The lowest BCUT2D eigenvalue weighted by atomic mass is 10.1. The van der Waals surface area contributed by atoms with Gasteiger partial charge in [0.25, 0.3) is 5.91 Å². The van der Waals surface area contributed by atoms with Gasteiger partial charge >= 0.3 is 0 Å². The van der Waals surface area contributed by atoms with Crippen molar-refractivity contribution in [3.8, 4) is 5.75 Å². The van der Waals surface area contributed by atoms with Crippen molar-refractivity contribution in [2.45, 2.75) is 31.2 Å².